The van der Waals surface area contributed by atoms with Crippen LogP contribution in [0.5, 0.6) is 11.5 Å². The van der Waals surface area contributed by atoms with Gasteiger partial charge < -0.3 is 58.3 Å². The molecule has 4 saturated heterocycles. The molecule has 71 heavy (non-hydrogen) atoms. The predicted octanol–water partition coefficient (Wildman–Crippen LogP) is 2.95. The molecule has 22 nitrogen and oxygen atoms in total. The van der Waals surface area contributed by atoms with Gasteiger partial charge in [0.25, 0.3) is 0 Å². The summed E-state index contributed by atoms with van der Waals surface area (Å²) in [5, 5.41) is 25.7. The maximum Gasteiger partial charge on any atom is 0.646 e. The third kappa shape index (κ3) is 12.7. The molecule has 2 aromatic carbocycles. The molecule has 4 N–H and O–H groups in total. The van der Waals surface area contributed by atoms with E-state index in [4.69, 9.17) is 23.0 Å². The minimum atomic E-state index is -4.51. The van der Waals surface area contributed by atoms with Crippen LogP contribution in [0.3, 0.4) is 0 Å². The van der Waals surface area contributed by atoms with Crippen molar-refractivity contribution in [2.45, 2.75) is 89.2 Å². The number of benzene rings is 2. The van der Waals surface area contributed by atoms with Crippen molar-refractivity contribution >= 4 is 79.7 Å². The number of fused-ring (bicyclic) bond motifs is 2. The zero-order chi connectivity index (χ0) is 51.9. The number of carbonyl (C=O) groups is 8. The fraction of sp³-hybridized carbons (Fsp3) is 0.478. The summed E-state index contributed by atoms with van der Waals surface area (Å²) in [5.41, 5.74) is -0.217. The fourth-order valence-electron chi connectivity index (χ4n) is 8.60. The van der Waals surface area contributed by atoms with Crippen LogP contribution < -0.4 is 19.7 Å². The summed E-state index contributed by atoms with van der Waals surface area (Å²) in [7, 11) is -4.51. The van der Waals surface area contributed by atoms with Gasteiger partial charge in [0, 0.05) is 67.0 Å². The van der Waals surface area contributed by atoms with E-state index in [-0.39, 0.29) is 68.8 Å². The lowest BCUT2D eigenvalue weighted by Gasteiger charge is -2.46. The maximum atomic E-state index is 14.0. The molecule has 384 valence electrons. The minimum Gasteiger partial charge on any atom is -0.428 e. The maximum absolute atomic E-state index is 14.0. The number of carbonyl (C=O) groups excluding carboxylic acids is 8. The molecule has 25 heteroatoms. The Hall–Kier alpha value is -6.07. The number of β-lactam (4-membered cyclic amide) rings is 2. The molecule has 1 unspecified atom stereocenters. The van der Waals surface area contributed by atoms with Crippen LogP contribution in [0.4, 0.5) is 0 Å². The van der Waals surface area contributed by atoms with E-state index >= 15 is 0 Å². The Morgan fingerprint density at radius 3 is 1.55 bits per heavy atom. The number of amides is 4. The number of hydrogen-bond donors (Lipinski definition) is 5. The molecule has 4 amide bonds. The molecule has 0 saturated carbocycles. The lowest BCUT2D eigenvalue weighted by atomic mass is 9.79. The first kappa shape index (κ1) is 54.3. The van der Waals surface area contributed by atoms with Crippen molar-refractivity contribution < 1.29 is 85.7 Å². The molecule has 2 aromatic rings. The van der Waals surface area contributed by atoms with E-state index in [1.807, 2.05) is 6.92 Å². The van der Waals surface area contributed by atoms with Crippen LogP contribution in [-0.2, 0) is 66.4 Å². The first-order chi connectivity index (χ1) is 33.6. The number of para-hydroxylation sites is 2. The van der Waals surface area contributed by atoms with Crippen LogP contribution in [0.2, 0.25) is 0 Å². The molecule has 10 atom stereocenters. The van der Waals surface area contributed by atoms with Crippen LogP contribution in [-0.4, -0.2) is 129 Å². The SMILES string of the molecule is CC(=O)OCOC(=O)C1=C(OP(=O)(Oc2ccccc2)Oc2ccccc2)[C@H](C)[C@@H]2[C@@H]([C@@H](C)O)C(=O)N12.CC(=O)OCOC(=O)C1=C(SC2CNC(=O)C2)[C@H](C)[C@@H]2[C@@H]([C@@H](C)O)C(=O)N12.O=C1C[C@@H](S)CN1. The van der Waals surface area contributed by atoms with Gasteiger partial charge in [0.2, 0.25) is 37.2 Å². The zero-order valence-corrected chi connectivity index (χ0v) is 42.0. The standard InChI is InChI=1S/C25H26NO10P.C17H22N2O7S.C4H7NOS/c1-15-21-20(16(2)27)24(29)26(21)22(25(30)33-14-32-17(3)28)23(15)36-37(31,34-18-10-6-4-7-11-18)35-19-12-8-5-9-13-19;1-7-13-12(8(2)20)16(23)19(13)14(17(24)26-6-25-9(3)21)15(7)27-10-4-11(22)18-5-10;6-4-1-3(7)2-5-4/h4-13,15-16,20-21,27H,14H2,1-3H3;7-8,10,12-13,20H,4-6H2,1-3H3,(H,18,22);3,7H,1-2H2,(H,5,6)/t15-,16-,20-,21-;7-,8-,10?,12-,13-;3-/m111/s1. The van der Waals surface area contributed by atoms with E-state index in [1.54, 1.807) is 74.5 Å². The highest BCUT2D eigenvalue weighted by Crippen LogP contribution is 2.57. The Labute approximate surface area is 418 Å². The van der Waals surface area contributed by atoms with Crippen molar-refractivity contribution in [3.05, 3.63) is 82.7 Å². The number of rotatable bonds is 16. The average Bonchev–Trinajstić information content (AvgIpc) is 4.02. The quantitative estimate of drug-likeness (QED) is 0.0531. The predicted molar refractivity (Wildman–Crippen MR) is 252 cm³/mol. The van der Waals surface area contributed by atoms with Gasteiger partial charge >= 0.3 is 31.7 Å². The van der Waals surface area contributed by atoms with Gasteiger partial charge in [0.1, 0.15) is 23.0 Å². The molecule has 0 spiro atoms. The number of hydrogen-bond acceptors (Lipinski definition) is 20. The summed E-state index contributed by atoms with van der Waals surface area (Å²) >= 11 is 5.45. The molecule has 6 aliphatic heterocycles. The minimum absolute atomic E-state index is 0.0509. The van der Waals surface area contributed by atoms with Crippen LogP contribution in [0.25, 0.3) is 0 Å². The molecule has 6 aliphatic rings. The summed E-state index contributed by atoms with van der Waals surface area (Å²) < 4.78 is 50.5. The third-order valence-electron chi connectivity index (χ3n) is 11.8. The van der Waals surface area contributed by atoms with Crippen molar-refractivity contribution in [1.82, 2.24) is 20.4 Å². The van der Waals surface area contributed by atoms with Crippen LogP contribution >= 0.6 is 32.2 Å². The number of aliphatic hydroxyl groups excluding tert-OH is 2. The summed E-state index contributed by atoms with van der Waals surface area (Å²) in [4.78, 5) is 97.9. The van der Waals surface area contributed by atoms with E-state index in [0.717, 1.165) is 18.4 Å². The van der Waals surface area contributed by atoms with Gasteiger partial charge in [-0.1, -0.05) is 50.2 Å². The molecular formula is C46H55N4O18PS2. The zero-order valence-electron chi connectivity index (χ0n) is 39.4. The molecule has 8 rings (SSSR count). The summed E-state index contributed by atoms with van der Waals surface area (Å²) in [6, 6.07) is 15.3. The highest BCUT2D eigenvalue weighted by molar-refractivity contribution is 8.03. The van der Waals surface area contributed by atoms with E-state index in [2.05, 4.69) is 32.7 Å². The fourth-order valence-corrected chi connectivity index (χ4v) is 11.6. The molecular weight excluding hydrogens is 992 g/mol. The number of phosphoric acid groups is 1. The molecule has 0 bridgehead atoms. The highest BCUT2D eigenvalue weighted by atomic mass is 32.2. The topological polar surface area (TPSA) is 289 Å². The summed E-state index contributed by atoms with van der Waals surface area (Å²) in [6.45, 7) is 8.86. The first-order valence-corrected chi connectivity index (χ1v) is 25.3. The van der Waals surface area contributed by atoms with Gasteiger partial charge in [-0.05, 0) is 38.1 Å². The van der Waals surface area contributed by atoms with Crippen molar-refractivity contribution in [3.8, 4) is 11.5 Å². The van der Waals surface area contributed by atoms with E-state index in [0.29, 0.717) is 24.3 Å². The number of ether oxygens (including phenoxy) is 4. The Morgan fingerprint density at radius 1 is 0.690 bits per heavy atom. The van der Waals surface area contributed by atoms with E-state index in [1.165, 1.54) is 30.5 Å². The lowest BCUT2D eigenvalue weighted by Crippen LogP contribution is -2.63. The third-order valence-corrected chi connectivity index (χ3v) is 15.0. The first-order valence-electron chi connectivity index (χ1n) is 22.4. The van der Waals surface area contributed by atoms with Crippen molar-refractivity contribution in [2.24, 2.45) is 23.7 Å². The number of thioether (sulfide) groups is 1. The van der Waals surface area contributed by atoms with E-state index < -0.39 is 87.2 Å². The molecule has 6 heterocycles. The largest absolute Gasteiger partial charge is 0.646 e. The van der Waals surface area contributed by atoms with Crippen LogP contribution in [0.1, 0.15) is 54.4 Å². The van der Waals surface area contributed by atoms with Crippen molar-refractivity contribution in [2.75, 3.05) is 26.7 Å². The molecule has 0 aromatic heterocycles. The van der Waals surface area contributed by atoms with Crippen molar-refractivity contribution in [3.63, 3.8) is 0 Å². The van der Waals surface area contributed by atoms with Gasteiger partial charge in [-0.15, -0.1) is 11.8 Å². The van der Waals surface area contributed by atoms with Crippen molar-refractivity contribution in [1.29, 1.82) is 0 Å². The second-order valence-electron chi connectivity index (χ2n) is 17.1. The van der Waals surface area contributed by atoms with Gasteiger partial charge in [-0.25, -0.2) is 9.59 Å². The van der Waals surface area contributed by atoms with Gasteiger partial charge in [0.05, 0.1) is 36.1 Å². The normalized spacial score (nSPS) is 25.8. The Bertz CT molecular complexity index is 2450. The lowest BCUT2D eigenvalue weighted by molar-refractivity contribution is -0.171. The Kier molecular flexibility index (Phi) is 17.9. The van der Waals surface area contributed by atoms with Crippen LogP contribution in [0, 0.1) is 23.7 Å². The number of esters is 4. The monoisotopic (exact) mass is 1050 g/mol. The summed E-state index contributed by atoms with van der Waals surface area (Å²) in [6.07, 6.45) is -0.932. The highest BCUT2D eigenvalue weighted by Gasteiger charge is 2.63. The van der Waals surface area contributed by atoms with Gasteiger partial charge in [-0.3, -0.25) is 33.7 Å². The molecule has 4 fully saturated rings. The second kappa shape index (κ2) is 23.4. The average molecular weight is 1050 g/mol. The van der Waals surface area contributed by atoms with E-state index in [9.17, 15) is 53.1 Å². The molecule has 0 aliphatic carbocycles. The smallest absolute Gasteiger partial charge is 0.428 e. The number of thiol groups is 1. The number of nitrogens with zero attached hydrogens (tertiary/aromatic N) is 2. The molecule has 0 radical (unpaired) electrons. The number of aliphatic hydroxyl groups is 2. The van der Waals surface area contributed by atoms with Gasteiger partial charge in [-0.2, -0.15) is 17.2 Å². The Morgan fingerprint density at radius 2 is 1.14 bits per heavy atom. The summed E-state index contributed by atoms with van der Waals surface area (Å²) in [5.74, 6) is -5.99. The van der Waals surface area contributed by atoms with Gasteiger partial charge in [0.15, 0.2) is 5.70 Å². The number of nitrogens with one attached hydrogen (secondary N) is 2. The number of phosphoric ester groups is 1. The Balaban J connectivity index is 0.000000211. The second-order valence-corrected chi connectivity index (χ2v) is 20.6. The van der Waals surface area contributed by atoms with Crippen LogP contribution in [0.15, 0.2) is 82.7 Å².